The van der Waals surface area contributed by atoms with Gasteiger partial charge in [0.2, 0.25) is 0 Å². The Bertz CT molecular complexity index is 390. The molecule has 0 bridgehead atoms. The summed E-state index contributed by atoms with van der Waals surface area (Å²) in [4.78, 5) is 10.6. The van der Waals surface area contributed by atoms with Crippen LogP contribution >= 0.6 is 0 Å². The van der Waals surface area contributed by atoms with Crippen LogP contribution in [0.15, 0.2) is 18.2 Å². The molecule has 0 saturated carbocycles. The molecule has 1 aromatic rings. The number of ether oxygens (including phenoxy) is 2. The Morgan fingerprint density at radius 2 is 1.87 bits per heavy atom. The lowest BCUT2D eigenvalue weighted by molar-refractivity contribution is -0.236. The molecule has 1 aromatic carbocycles. The quantitative estimate of drug-likeness (QED) is 0.504. The summed E-state index contributed by atoms with van der Waals surface area (Å²) in [6, 6.07) is 3.71. The first-order valence-electron chi connectivity index (χ1n) is 4.53. The molecule has 0 unspecified atom stereocenters. The van der Waals surface area contributed by atoms with E-state index in [4.69, 9.17) is 20.9 Å². The van der Waals surface area contributed by atoms with E-state index in [2.05, 4.69) is 0 Å². The second-order valence-corrected chi connectivity index (χ2v) is 3.44. The Hall–Kier alpha value is -1.27. The molecule has 5 heteroatoms. The van der Waals surface area contributed by atoms with Gasteiger partial charge >= 0.3 is 0 Å². The van der Waals surface area contributed by atoms with E-state index in [1.165, 1.54) is 0 Å². The average molecular weight is 208 g/mol. The highest BCUT2D eigenvalue weighted by Crippen LogP contribution is 2.20. The summed E-state index contributed by atoms with van der Waals surface area (Å²) in [5.41, 5.74) is 13.4. The fourth-order valence-corrected chi connectivity index (χ4v) is 1.42. The van der Waals surface area contributed by atoms with Crippen molar-refractivity contribution in [2.75, 3.05) is 0 Å². The zero-order chi connectivity index (χ0) is 10.9. The second-order valence-electron chi connectivity index (χ2n) is 3.44. The maximum absolute atomic E-state index is 10.6. The van der Waals surface area contributed by atoms with E-state index >= 15 is 0 Å². The van der Waals surface area contributed by atoms with E-state index in [1.807, 2.05) is 6.07 Å². The molecule has 0 aromatic heterocycles. The highest BCUT2D eigenvalue weighted by Gasteiger charge is 2.25. The molecule has 1 heterocycles. The van der Waals surface area contributed by atoms with Crippen molar-refractivity contribution in [2.45, 2.75) is 19.2 Å². The molecule has 4 N–H and O–H groups in total. The van der Waals surface area contributed by atoms with Gasteiger partial charge in [-0.05, 0) is 17.2 Å². The largest absolute Gasteiger partial charge is 0.320 e. The van der Waals surface area contributed by atoms with Gasteiger partial charge in [0.25, 0.3) is 6.03 Å². The molecule has 0 fully saturated rings. The summed E-state index contributed by atoms with van der Waals surface area (Å²) < 4.78 is 10.3. The van der Waals surface area contributed by atoms with Crippen LogP contribution in [0.3, 0.4) is 0 Å². The number of hydrogen-bond donors (Lipinski definition) is 2. The lowest BCUT2D eigenvalue weighted by Crippen LogP contribution is -2.53. The lowest BCUT2D eigenvalue weighted by Gasteiger charge is -2.21. The first-order chi connectivity index (χ1) is 7.11. The third kappa shape index (κ3) is 2.21. The van der Waals surface area contributed by atoms with Gasteiger partial charge in [0.15, 0.2) is 0 Å². The van der Waals surface area contributed by atoms with Crippen LogP contribution in [0.4, 0.5) is 0 Å². The van der Waals surface area contributed by atoms with Gasteiger partial charge in [-0.25, -0.2) is 0 Å². The first kappa shape index (κ1) is 10.3. The minimum atomic E-state index is -1.56. The maximum Gasteiger partial charge on any atom is 0.287 e. The number of fused-ring (bicyclic) bond motifs is 1. The predicted octanol–water partition coefficient (Wildman–Crippen LogP) is 0.0746. The molecule has 5 nitrogen and oxygen atoms in total. The normalized spacial score (nSPS) is 19.1. The van der Waals surface area contributed by atoms with Crippen molar-refractivity contribution in [3.63, 3.8) is 0 Å². The first-order valence-corrected chi connectivity index (χ1v) is 4.53. The number of rotatable bonds is 1. The van der Waals surface area contributed by atoms with Crippen LogP contribution < -0.4 is 11.5 Å². The Labute approximate surface area is 87.0 Å². The van der Waals surface area contributed by atoms with Gasteiger partial charge in [-0.3, -0.25) is 16.3 Å². The van der Waals surface area contributed by atoms with Gasteiger partial charge in [-0.2, -0.15) is 0 Å². The van der Waals surface area contributed by atoms with Gasteiger partial charge in [-0.15, -0.1) is 0 Å². The smallest absolute Gasteiger partial charge is 0.287 e. The van der Waals surface area contributed by atoms with Gasteiger partial charge < -0.3 is 9.47 Å². The molecule has 15 heavy (non-hydrogen) atoms. The monoisotopic (exact) mass is 208 g/mol. The predicted molar refractivity (Wildman–Crippen MR) is 52.5 cm³/mol. The molecule has 2 rings (SSSR count). The summed E-state index contributed by atoms with van der Waals surface area (Å²) in [7, 11) is 0. The molecule has 0 radical (unpaired) electrons. The molecular formula is C10H12N2O3. The van der Waals surface area contributed by atoms with Crippen LogP contribution in [0.2, 0.25) is 0 Å². The van der Waals surface area contributed by atoms with E-state index in [9.17, 15) is 4.79 Å². The third-order valence-electron chi connectivity index (χ3n) is 2.27. The van der Waals surface area contributed by atoms with Crippen LogP contribution in [-0.2, 0) is 22.7 Å². The standard InChI is InChI=1S/C10H12N2O3/c11-10(12)14-5-8-2-1-7(4-13)3-9(8)6-15-10/h1-4H,5-6,11-12H2. The second kappa shape index (κ2) is 3.71. The van der Waals surface area contributed by atoms with E-state index in [1.54, 1.807) is 12.1 Å². The number of hydrogen-bond acceptors (Lipinski definition) is 5. The minimum Gasteiger partial charge on any atom is -0.320 e. The van der Waals surface area contributed by atoms with Crippen molar-refractivity contribution in [1.82, 2.24) is 0 Å². The SMILES string of the molecule is NC1(N)OCc2ccc(C=O)cc2CO1. The number of aldehydes is 1. The third-order valence-corrected chi connectivity index (χ3v) is 2.27. The topological polar surface area (TPSA) is 87.6 Å². The number of carbonyl (C=O) groups is 1. The fraction of sp³-hybridized carbons (Fsp3) is 0.300. The van der Waals surface area contributed by atoms with Crippen molar-refractivity contribution < 1.29 is 14.3 Å². The molecule has 80 valence electrons. The van der Waals surface area contributed by atoms with Crippen LogP contribution in [0, 0.1) is 0 Å². The van der Waals surface area contributed by atoms with E-state index in [-0.39, 0.29) is 13.2 Å². The minimum absolute atomic E-state index is 0.240. The number of nitrogens with two attached hydrogens (primary N) is 2. The van der Waals surface area contributed by atoms with Crippen molar-refractivity contribution >= 4 is 6.29 Å². The van der Waals surface area contributed by atoms with Gasteiger partial charge in [0, 0.05) is 5.56 Å². The molecular weight excluding hydrogens is 196 g/mol. The fourth-order valence-electron chi connectivity index (χ4n) is 1.42. The zero-order valence-electron chi connectivity index (χ0n) is 8.10. The molecule has 0 aliphatic carbocycles. The molecule has 1 aliphatic heterocycles. The molecule has 0 atom stereocenters. The van der Waals surface area contributed by atoms with Crippen molar-refractivity contribution in [2.24, 2.45) is 11.5 Å². The van der Waals surface area contributed by atoms with Crippen LogP contribution in [0.5, 0.6) is 0 Å². The summed E-state index contributed by atoms with van der Waals surface area (Å²) >= 11 is 0. The maximum atomic E-state index is 10.6. The lowest BCUT2D eigenvalue weighted by atomic mass is 10.1. The molecule has 0 amide bonds. The summed E-state index contributed by atoms with van der Waals surface area (Å²) in [5, 5.41) is 0. The van der Waals surface area contributed by atoms with Crippen molar-refractivity contribution in [3.05, 3.63) is 34.9 Å². The summed E-state index contributed by atoms with van der Waals surface area (Å²) in [6.45, 7) is 0.519. The van der Waals surface area contributed by atoms with Crippen molar-refractivity contribution in [1.29, 1.82) is 0 Å². The van der Waals surface area contributed by atoms with Gasteiger partial charge in [0.1, 0.15) is 6.29 Å². The van der Waals surface area contributed by atoms with E-state index in [0.29, 0.717) is 5.56 Å². The van der Waals surface area contributed by atoms with Crippen LogP contribution in [0.25, 0.3) is 0 Å². The van der Waals surface area contributed by atoms with E-state index < -0.39 is 6.03 Å². The molecule has 1 aliphatic rings. The van der Waals surface area contributed by atoms with Crippen LogP contribution in [-0.4, -0.2) is 12.3 Å². The molecule has 0 spiro atoms. The zero-order valence-corrected chi connectivity index (χ0v) is 8.10. The summed E-state index contributed by atoms with van der Waals surface area (Å²) in [6.07, 6.45) is 0.782. The average Bonchev–Trinajstić information content (AvgIpc) is 2.38. The van der Waals surface area contributed by atoms with Gasteiger partial charge in [-0.1, -0.05) is 12.1 Å². The van der Waals surface area contributed by atoms with E-state index in [0.717, 1.165) is 17.4 Å². The Balaban J connectivity index is 2.31. The van der Waals surface area contributed by atoms with Crippen molar-refractivity contribution in [3.8, 4) is 0 Å². The Morgan fingerprint density at radius 1 is 1.20 bits per heavy atom. The summed E-state index contributed by atoms with van der Waals surface area (Å²) in [5.74, 6) is 0. The Morgan fingerprint density at radius 3 is 2.53 bits per heavy atom. The highest BCUT2D eigenvalue weighted by atomic mass is 16.7. The Kier molecular flexibility index (Phi) is 2.54. The van der Waals surface area contributed by atoms with Crippen LogP contribution in [0.1, 0.15) is 21.5 Å². The van der Waals surface area contributed by atoms with Gasteiger partial charge in [0.05, 0.1) is 13.2 Å². The molecule has 0 saturated heterocycles. The highest BCUT2D eigenvalue weighted by molar-refractivity contribution is 5.75. The number of carbonyl (C=O) groups excluding carboxylic acids is 1. The number of benzene rings is 1.